The van der Waals surface area contributed by atoms with E-state index < -0.39 is 0 Å². The van der Waals surface area contributed by atoms with Crippen LogP contribution in [0.3, 0.4) is 0 Å². The van der Waals surface area contributed by atoms with E-state index in [0.717, 1.165) is 24.8 Å². The molecule has 0 spiro atoms. The lowest BCUT2D eigenvalue weighted by Gasteiger charge is -2.19. The van der Waals surface area contributed by atoms with E-state index in [0.29, 0.717) is 19.0 Å². The Bertz CT molecular complexity index is 525. The fourth-order valence-electron chi connectivity index (χ4n) is 3.13. The zero-order valence-electron chi connectivity index (χ0n) is 12.4. The molecular formula is C17H22N2O2. The van der Waals surface area contributed by atoms with E-state index in [1.807, 2.05) is 42.2 Å². The van der Waals surface area contributed by atoms with E-state index in [1.165, 1.54) is 0 Å². The monoisotopic (exact) mass is 286 g/mol. The van der Waals surface area contributed by atoms with Gasteiger partial charge in [-0.25, -0.2) is 0 Å². The number of hydrogen-bond donors (Lipinski definition) is 1. The van der Waals surface area contributed by atoms with Gasteiger partial charge >= 0.3 is 0 Å². The molecule has 0 radical (unpaired) electrons. The Morgan fingerprint density at radius 1 is 1.33 bits per heavy atom. The van der Waals surface area contributed by atoms with E-state index in [9.17, 15) is 9.59 Å². The van der Waals surface area contributed by atoms with Crippen LogP contribution in [0, 0.1) is 0 Å². The second kappa shape index (κ2) is 5.88. The molecule has 1 aromatic carbocycles. The van der Waals surface area contributed by atoms with Crippen LogP contribution in [-0.4, -0.2) is 35.3 Å². The molecule has 1 aliphatic carbocycles. The number of rotatable bonds is 5. The Kier molecular flexibility index (Phi) is 3.95. The fraction of sp³-hybridized carbons (Fsp3) is 0.529. The molecule has 2 fully saturated rings. The highest BCUT2D eigenvalue weighted by Crippen LogP contribution is 2.31. The lowest BCUT2D eigenvalue weighted by Crippen LogP contribution is -2.40. The number of likely N-dealkylation sites (tertiary alicyclic amines) is 1. The third-order valence-electron chi connectivity index (χ3n) is 4.42. The van der Waals surface area contributed by atoms with Crippen LogP contribution in [0.4, 0.5) is 0 Å². The molecule has 0 bridgehead atoms. The second-order valence-corrected chi connectivity index (χ2v) is 6.06. The van der Waals surface area contributed by atoms with Gasteiger partial charge in [-0.15, -0.1) is 0 Å². The maximum absolute atomic E-state index is 12.5. The number of carbonyl (C=O) groups excluding carboxylic acids is 2. The topological polar surface area (TPSA) is 49.4 Å². The van der Waals surface area contributed by atoms with Gasteiger partial charge in [0, 0.05) is 19.0 Å². The molecule has 21 heavy (non-hydrogen) atoms. The van der Waals surface area contributed by atoms with Crippen molar-refractivity contribution in [2.24, 2.45) is 0 Å². The first-order valence-electron chi connectivity index (χ1n) is 7.83. The minimum Gasteiger partial charge on any atom is -0.351 e. The van der Waals surface area contributed by atoms with Crippen molar-refractivity contribution < 1.29 is 9.59 Å². The van der Waals surface area contributed by atoms with Crippen LogP contribution in [-0.2, 0) is 9.59 Å². The van der Waals surface area contributed by atoms with Gasteiger partial charge in [-0.05, 0) is 24.8 Å². The van der Waals surface area contributed by atoms with Crippen LogP contribution in [0.5, 0.6) is 0 Å². The van der Waals surface area contributed by atoms with Crippen LogP contribution < -0.4 is 5.32 Å². The molecule has 1 N–H and O–H groups in total. The largest absolute Gasteiger partial charge is 0.351 e. The summed E-state index contributed by atoms with van der Waals surface area (Å²) in [4.78, 5) is 26.4. The first kappa shape index (κ1) is 14.1. The summed E-state index contributed by atoms with van der Waals surface area (Å²) < 4.78 is 0. The normalized spacial score (nSPS) is 23.2. The van der Waals surface area contributed by atoms with E-state index in [1.54, 1.807) is 0 Å². The van der Waals surface area contributed by atoms with E-state index in [2.05, 4.69) is 5.32 Å². The van der Waals surface area contributed by atoms with Gasteiger partial charge in [0.25, 0.3) is 0 Å². The number of benzene rings is 1. The standard InChI is InChI=1S/C17H22N2O2/c1-2-15(12-6-4-3-5-7-12)17(21)18-13-10-16(20)19(11-13)14-8-9-14/h3-7,13-15H,2,8-11H2,1H3,(H,18,21)/t13-,15+/m0/s1. The Balaban J connectivity index is 1.61. The highest BCUT2D eigenvalue weighted by atomic mass is 16.2. The van der Waals surface area contributed by atoms with Crippen molar-refractivity contribution in [3.8, 4) is 0 Å². The number of carbonyl (C=O) groups is 2. The number of amides is 2. The van der Waals surface area contributed by atoms with Crippen molar-refractivity contribution in [2.75, 3.05) is 6.54 Å². The van der Waals surface area contributed by atoms with Crippen molar-refractivity contribution in [3.05, 3.63) is 35.9 Å². The fourth-order valence-corrected chi connectivity index (χ4v) is 3.13. The molecule has 3 rings (SSSR count). The first-order chi connectivity index (χ1) is 10.2. The molecule has 1 saturated carbocycles. The third-order valence-corrected chi connectivity index (χ3v) is 4.42. The van der Waals surface area contributed by atoms with Gasteiger partial charge in [-0.3, -0.25) is 9.59 Å². The number of hydrogen-bond acceptors (Lipinski definition) is 2. The first-order valence-corrected chi connectivity index (χ1v) is 7.83. The SMILES string of the molecule is CC[C@@H](C(=O)N[C@H]1CC(=O)N(C2CC2)C1)c1ccccc1. The van der Waals surface area contributed by atoms with Gasteiger partial charge in [-0.2, -0.15) is 0 Å². The predicted molar refractivity (Wildman–Crippen MR) is 80.8 cm³/mol. The molecule has 2 aliphatic rings. The summed E-state index contributed by atoms with van der Waals surface area (Å²) >= 11 is 0. The molecule has 4 nitrogen and oxygen atoms in total. The van der Waals surface area contributed by atoms with E-state index >= 15 is 0 Å². The summed E-state index contributed by atoms with van der Waals surface area (Å²) in [6.07, 6.45) is 3.46. The summed E-state index contributed by atoms with van der Waals surface area (Å²) in [6.45, 7) is 2.70. The maximum Gasteiger partial charge on any atom is 0.227 e. The van der Waals surface area contributed by atoms with Crippen LogP contribution in [0.2, 0.25) is 0 Å². The Labute approximate surface area is 125 Å². The van der Waals surface area contributed by atoms with Gasteiger partial charge in [0.15, 0.2) is 0 Å². The zero-order chi connectivity index (χ0) is 14.8. The molecule has 4 heteroatoms. The van der Waals surface area contributed by atoms with E-state index in [-0.39, 0.29) is 23.8 Å². The minimum atomic E-state index is -0.128. The Morgan fingerprint density at radius 3 is 2.67 bits per heavy atom. The lowest BCUT2D eigenvalue weighted by atomic mass is 9.95. The van der Waals surface area contributed by atoms with Gasteiger partial charge in [0.1, 0.15) is 0 Å². The van der Waals surface area contributed by atoms with Crippen molar-refractivity contribution in [1.29, 1.82) is 0 Å². The highest BCUT2D eigenvalue weighted by Gasteiger charge is 2.40. The molecule has 112 valence electrons. The summed E-state index contributed by atoms with van der Waals surface area (Å²) in [5.74, 6) is 0.103. The molecule has 0 unspecified atom stereocenters. The molecular weight excluding hydrogens is 264 g/mol. The zero-order valence-corrected chi connectivity index (χ0v) is 12.4. The third kappa shape index (κ3) is 3.09. The van der Waals surface area contributed by atoms with Crippen LogP contribution in [0.25, 0.3) is 0 Å². The smallest absolute Gasteiger partial charge is 0.227 e. The van der Waals surface area contributed by atoms with Crippen molar-refractivity contribution in [1.82, 2.24) is 10.2 Å². The van der Waals surface area contributed by atoms with Crippen LogP contribution >= 0.6 is 0 Å². The molecule has 1 saturated heterocycles. The highest BCUT2D eigenvalue weighted by molar-refractivity contribution is 5.86. The molecule has 1 aliphatic heterocycles. The summed E-state index contributed by atoms with van der Waals surface area (Å²) in [6, 6.07) is 10.3. The Hall–Kier alpha value is -1.84. The van der Waals surface area contributed by atoms with Gasteiger partial charge < -0.3 is 10.2 Å². The summed E-state index contributed by atoms with van der Waals surface area (Å²) in [7, 11) is 0. The maximum atomic E-state index is 12.5. The molecule has 2 atom stereocenters. The summed E-state index contributed by atoms with van der Waals surface area (Å²) in [5, 5.41) is 3.07. The summed E-state index contributed by atoms with van der Waals surface area (Å²) in [5.41, 5.74) is 1.04. The molecule has 1 heterocycles. The average molecular weight is 286 g/mol. The number of nitrogens with zero attached hydrogens (tertiary/aromatic N) is 1. The average Bonchev–Trinajstić information content (AvgIpc) is 3.25. The lowest BCUT2D eigenvalue weighted by molar-refractivity contribution is -0.128. The van der Waals surface area contributed by atoms with Crippen molar-refractivity contribution in [2.45, 2.75) is 50.6 Å². The van der Waals surface area contributed by atoms with Gasteiger partial charge in [0.05, 0.1) is 12.0 Å². The quantitative estimate of drug-likeness (QED) is 0.900. The van der Waals surface area contributed by atoms with Crippen molar-refractivity contribution >= 4 is 11.8 Å². The van der Waals surface area contributed by atoms with Crippen LogP contribution in [0.15, 0.2) is 30.3 Å². The molecule has 2 amide bonds. The second-order valence-electron chi connectivity index (χ2n) is 6.06. The molecule has 1 aromatic rings. The molecule has 0 aromatic heterocycles. The van der Waals surface area contributed by atoms with Gasteiger partial charge in [0.2, 0.25) is 11.8 Å². The van der Waals surface area contributed by atoms with Crippen molar-refractivity contribution in [3.63, 3.8) is 0 Å². The van der Waals surface area contributed by atoms with E-state index in [4.69, 9.17) is 0 Å². The minimum absolute atomic E-state index is 0.0247. The predicted octanol–water partition coefficient (Wildman–Crippen LogP) is 2.06. The van der Waals surface area contributed by atoms with Gasteiger partial charge in [-0.1, -0.05) is 37.3 Å². The Morgan fingerprint density at radius 2 is 2.05 bits per heavy atom. The number of nitrogens with one attached hydrogen (secondary N) is 1. The van der Waals surface area contributed by atoms with Crippen LogP contribution in [0.1, 0.15) is 44.1 Å².